The van der Waals surface area contributed by atoms with Crippen molar-refractivity contribution in [1.29, 1.82) is 0 Å². The molecule has 0 aliphatic carbocycles. The Kier molecular flexibility index (Phi) is 2.14. The van der Waals surface area contributed by atoms with E-state index in [0.717, 1.165) is 5.69 Å². The highest BCUT2D eigenvalue weighted by Gasteiger charge is 1.92. The van der Waals surface area contributed by atoms with E-state index in [1.54, 1.807) is 6.20 Å². The summed E-state index contributed by atoms with van der Waals surface area (Å²) in [6.07, 6.45) is 1.79. The normalized spacial score (nSPS) is 20.5. The van der Waals surface area contributed by atoms with Crippen LogP contribution >= 0.6 is 0 Å². The summed E-state index contributed by atoms with van der Waals surface area (Å²) >= 11 is 0. The Morgan fingerprint density at radius 2 is 2.00 bits per heavy atom. The van der Waals surface area contributed by atoms with Gasteiger partial charge in [0.15, 0.2) is 0 Å². The van der Waals surface area contributed by atoms with Gasteiger partial charge >= 0.3 is 0 Å². The molecule has 0 spiro atoms. The second-order valence-electron chi connectivity index (χ2n) is 2.31. The Labute approximate surface area is 73.8 Å². The van der Waals surface area contributed by atoms with E-state index in [4.69, 9.17) is 0 Å². The van der Waals surface area contributed by atoms with Crippen molar-refractivity contribution in [2.45, 2.75) is 0 Å². The van der Waals surface area contributed by atoms with Crippen molar-refractivity contribution in [3.63, 3.8) is 0 Å². The lowest BCUT2D eigenvalue weighted by Crippen LogP contribution is -1.77. The zero-order valence-electron chi connectivity index (χ0n) is 6.42. The van der Waals surface area contributed by atoms with Crippen molar-refractivity contribution in [2.75, 3.05) is 0 Å². The summed E-state index contributed by atoms with van der Waals surface area (Å²) in [7, 11) is -0.125. The molecule has 1 atom stereocenters. The van der Waals surface area contributed by atoms with Crippen molar-refractivity contribution >= 4 is 21.9 Å². The number of rotatable bonds is 1. The van der Waals surface area contributed by atoms with Crippen LogP contribution in [0.15, 0.2) is 51.3 Å². The molecule has 0 saturated heterocycles. The third kappa shape index (κ3) is 1.68. The highest BCUT2D eigenvalue weighted by Crippen LogP contribution is 2.12. The number of benzene rings is 1. The van der Waals surface area contributed by atoms with Crippen LogP contribution in [0.3, 0.4) is 0 Å². The predicted octanol–water partition coefficient (Wildman–Crippen LogP) is 2.63. The zero-order valence-corrected chi connectivity index (χ0v) is 7.24. The lowest BCUT2D eigenvalue weighted by molar-refractivity contribution is 1.57. The van der Waals surface area contributed by atoms with E-state index < -0.39 is 0 Å². The Morgan fingerprint density at radius 3 is 2.67 bits per heavy atom. The molecule has 60 valence electrons. The monoisotopic (exact) mass is 176 g/mol. The van der Waals surface area contributed by atoms with Crippen LogP contribution in [-0.4, -0.2) is 5.55 Å². The summed E-state index contributed by atoms with van der Waals surface area (Å²) in [6, 6.07) is 9.94. The molecular weight excluding hydrogens is 168 g/mol. The van der Waals surface area contributed by atoms with E-state index in [9.17, 15) is 0 Å². The minimum Gasteiger partial charge on any atom is -0.256 e. The van der Waals surface area contributed by atoms with E-state index in [1.165, 1.54) is 0 Å². The quantitative estimate of drug-likeness (QED) is 0.628. The van der Waals surface area contributed by atoms with Crippen LogP contribution in [0.2, 0.25) is 0 Å². The molecule has 1 aromatic carbocycles. The van der Waals surface area contributed by atoms with Gasteiger partial charge < -0.3 is 0 Å². The minimum atomic E-state index is -0.125. The summed E-state index contributed by atoms with van der Waals surface area (Å²) in [4.78, 5) is 3.97. The fourth-order valence-electron chi connectivity index (χ4n) is 0.895. The van der Waals surface area contributed by atoms with Crippen molar-refractivity contribution < 1.29 is 0 Å². The van der Waals surface area contributed by atoms with Gasteiger partial charge in [-0.05, 0) is 22.8 Å². The summed E-state index contributed by atoms with van der Waals surface area (Å²) < 4.78 is 4.45. The molecule has 0 saturated carbocycles. The average Bonchev–Trinajstić information content (AvgIpc) is 2.59. The molecule has 1 aromatic rings. The van der Waals surface area contributed by atoms with Crippen molar-refractivity contribution in [3.05, 3.63) is 41.9 Å². The van der Waals surface area contributed by atoms with E-state index in [2.05, 4.69) is 9.36 Å². The van der Waals surface area contributed by atoms with Gasteiger partial charge in [0, 0.05) is 11.6 Å². The van der Waals surface area contributed by atoms with Crippen molar-refractivity contribution in [3.8, 4) is 0 Å². The SMILES string of the molecule is C1=CS(=Nc2ccccc2)C=N1. The van der Waals surface area contributed by atoms with Gasteiger partial charge in [0.2, 0.25) is 0 Å². The standard InChI is InChI=1S/C9H8N2S/c1-2-4-9(5-3-1)11-12-7-6-10-8-12/h1-8H. The number of hydrogen-bond donors (Lipinski definition) is 0. The molecule has 1 aliphatic rings. The van der Waals surface area contributed by atoms with Gasteiger partial charge in [-0.1, -0.05) is 18.2 Å². The van der Waals surface area contributed by atoms with Crippen molar-refractivity contribution in [2.24, 2.45) is 9.36 Å². The molecule has 2 rings (SSSR count). The molecule has 0 N–H and O–H groups in total. The van der Waals surface area contributed by atoms with Gasteiger partial charge in [-0.3, -0.25) is 4.99 Å². The highest BCUT2D eigenvalue weighted by atomic mass is 32.2. The minimum absolute atomic E-state index is 0.125. The average molecular weight is 176 g/mol. The van der Waals surface area contributed by atoms with E-state index in [1.807, 2.05) is 41.3 Å². The van der Waals surface area contributed by atoms with Crippen LogP contribution in [0.25, 0.3) is 0 Å². The fourth-order valence-corrected chi connectivity index (χ4v) is 1.83. The molecule has 0 amide bonds. The molecule has 1 heterocycles. The Bertz CT molecular complexity index is 338. The van der Waals surface area contributed by atoms with E-state index in [-0.39, 0.29) is 10.7 Å². The summed E-state index contributed by atoms with van der Waals surface area (Å²) in [5, 5.41) is 1.99. The largest absolute Gasteiger partial charge is 0.256 e. The van der Waals surface area contributed by atoms with Crippen molar-refractivity contribution in [1.82, 2.24) is 0 Å². The first-order chi connectivity index (χ1) is 5.95. The lowest BCUT2D eigenvalue weighted by Gasteiger charge is -1.92. The van der Waals surface area contributed by atoms with Gasteiger partial charge in [-0.15, -0.1) is 0 Å². The number of nitrogens with zero attached hydrogens (tertiary/aromatic N) is 2. The Balaban J connectivity index is 2.29. The zero-order chi connectivity index (χ0) is 8.23. The molecule has 3 heteroatoms. The second kappa shape index (κ2) is 3.45. The number of hydrogen-bond acceptors (Lipinski definition) is 2. The molecule has 12 heavy (non-hydrogen) atoms. The smallest absolute Gasteiger partial charge is 0.0751 e. The molecule has 0 fully saturated rings. The van der Waals surface area contributed by atoms with Crippen LogP contribution in [-0.2, 0) is 10.7 Å². The molecule has 1 unspecified atom stereocenters. The Morgan fingerprint density at radius 1 is 1.17 bits per heavy atom. The maximum Gasteiger partial charge on any atom is 0.0751 e. The first-order valence-electron chi connectivity index (χ1n) is 3.64. The molecule has 0 radical (unpaired) electrons. The summed E-state index contributed by atoms with van der Waals surface area (Å²) in [5.41, 5.74) is 2.87. The van der Waals surface area contributed by atoms with Gasteiger partial charge in [0.25, 0.3) is 0 Å². The molecule has 0 aromatic heterocycles. The van der Waals surface area contributed by atoms with Crippen LogP contribution in [0.4, 0.5) is 5.69 Å². The first kappa shape index (κ1) is 7.43. The van der Waals surface area contributed by atoms with E-state index >= 15 is 0 Å². The fraction of sp³-hybridized carbons (Fsp3) is 0. The van der Waals surface area contributed by atoms with Crippen LogP contribution < -0.4 is 0 Å². The molecule has 1 aliphatic heterocycles. The third-order valence-corrected chi connectivity index (χ3v) is 2.58. The van der Waals surface area contributed by atoms with Crippen LogP contribution in [0, 0.1) is 0 Å². The number of aliphatic imine (C=N–C) groups is 1. The van der Waals surface area contributed by atoms with E-state index in [0.29, 0.717) is 0 Å². The molecular formula is C9H8N2S. The highest BCUT2D eigenvalue weighted by molar-refractivity contribution is 8.03. The van der Waals surface area contributed by atoms with Crippen LogP contribution in [0.5, 0.6) is 0 Å². The van der Waals surface area contributed by atoms with Gasteiger partial charge in [0.05, 0.1) is 11.2 Å². The molecule has 0 bridgehead atoms. The van der Waals surface area contributed by atoms with Crippen LogP contribution in [0.1, 0.15) is 0 Å². The maximum absolute atomic E-state index is 4.45. The summed E-state index contributed by atoms with van der Waals surface area (Å²) in [6.45, 7) is 0. The maximum atomic E-state index is 4.45. The molecule has 2 nitrogen and oxygen atoms in total. The Hall–Kier alpha value is -1.22. The second-order valence-corrected chi connectivity index (χ2v) is 3.67. The summed E-state index contributed by atoms with van der Waals surface area (Å²) in [5.74, 6) is 0. The lowest BCUT2D eigenvalue weighted by atomic mass is 10.3. The first-order valence-corrected chi connectivity index (χ1v) is 4.95. The third-order valence-electron chi connectivity index (χ3n) is 1.42. The predicted molar refractivity (Wildman–Crippen MR) is 53.5 cm³/mol. The van der Waals surface area contributed by atoms with Gasteiger partial charge in [-0.2, -0.15) is 0 Å². The van der Waals surface area contributed by atoms with Gasteiger partial charge in [0.1, 0.15) is 0 Å². The topological polar surface area (TPSA) is 24.7 Å². The van der Waals surface area contributed by atoms with Gasteiger partial charge in [-0.25, -0.2) is 4.36 Å².